The van der Waals surface area contributed by atoms with Crippen LogP contribution in [0.5, 0.6) is 0 Å². The van der Waals surface area contributed by atoms with Gasteiger partial charge in [0.1, 0.15) is 0 Å². The molecule has 0 spiro atoms. The van der Waals surface area contributed by atoms with Crippen LogP contribution in [-0.2, 0) is 10.0 Å². The van der Waals surface area contributed by atoms with Crippen LogP contribution in [0.3, 0.4) is 0 Å². The van der Waals surface area contributed by atoms with Crippen molar-refractivity contribution < 1.29 is 18.0 Å². The monoisotopic (exact) mass is 465 g/mol. The molecule has 3 rings (SSSR count). The van der Waals surface area contributed by atoms with E-state index in [4.69, 9.17) is 0 Å². The normalized spacial score (nSPS) is 11.6. The van der Waals surface area contributed by atoms with E-state index in [2.05, 4.69) is 15.4 Å². The largest absolute Gasteiger partial charge is 0.322 e. The fourth-order valence-electron chi connectivity index (χ4n) is 3.17. The number of carbonyl (C=O) groups excluding carboxylic acids is 2. The van der Waals surface area contributed by atoms with E-state index in [9.17, 15) is 18.0 Å². The highest BCUT2D eigenvalue weighted by atomic mass is 32.2. The number of anilines is 2. The van der Waals surface area contributed by atoms with Crippen LogP contribution in [0.2, 0.25) is 0 Å². The molecular weight excluding hydrogens is 438 g/mol. The first-order valence-electron chi connectivity index (χ1n) is 10.4. The summed E-state index contributed by atoms with van der Waals surface area (Å²) in [6, 6.07) is 19.8. The fourth-order valence-corrected chi connectivity index (χ4v) is 4.64. The summed E-state index contributed by atoms with van der Waals surface area (Å²) in [5.41, 5.74) is 1.70. The molecule has 8 heteroatoms. The summed E-state index contributed by atoms with van der Waals surface area (Å²) in [5.74, 6) is -0.811. The van der Waals surface area contributed by atoms with Crippen LogP contribution < -0.4 is 15.4 Å². The van der Waals surface area contributed by atoms with Gasteiger partial charge in [0.25, 0.3) is 11.8 Å². The first-order chi connectivity index (χ1) is 15.4. The summed E-state index contributed by atoms with van der Waals surface area (Å²) in [5, 5.41) is 5.49. The highest BCUT2D eigenvalue weighted by molar-refractivity contribution is 7.89. The molecule has 0 saturated carbocycles. The molecule has 7 nitrogen and oxygen atoms in total. The minimum absolute atomic E-state index is 0.0382. The Kier molecular flexibility index (Phi) is 7.00. The SMILES string of the molecule is Cc1cccc(C(=O)Nc2ccccc2C(=O)Nc2cccc(S(=O)(=O)NC(C)(C)C)c2)c1. The maximum atomic E-state index is 13.0. The van der Waals surface area contributed by atoms with Crippen molar-refractivity contribution in [2.75, 3.05) is 10.6 Å². The number of sulfonamides is 1. The summed E-state index contributed by atoms with van der Waals surface area (Å²) in [7, 11) is -3.76. The molecule has 0 aliphatic heterocycles. The van der Waals surface area contributed by atoms with Gasteiger partial charge in [-0.05, 0) is 70.2 Å². The zero-order valence-electron chi connectivity index (χ0n) is 19.0. The van der Waals surface area contributed by atoms with Crippen LogP contribution in [0.15, 0.2) is 77.7 Å². The Bertz CT molecular complexity index is 1290. The molecule has 0 aliphatic rings. The molecule has 0 aromatic heterocycles. The van der Waals surface area contributed by atoms with E-state index in [-0.39, 0.29) is 16.4 Å². The Morgan fingerprint density at radius 3 is 2.18 bits per heavy atom. The standard InChI is InChI=1S/C25H27N3O4S/c1-17-9-7-10-18(15-17)23(29)27-22-14-6-5-13-21(22)24(30)26-19-11-8-12-20(16-19)33(31,32)28-25(2,3)4/h5-16,28H,1-4H3,(H,26,30)(H,27,29). The van der Waals surface area contributed by atoms with Gasteiger partial charge in [-0.25, -0.2) is 13.1 Å². The lowest BCUT2D eigenvalue weighted by molar-refractivity contribution is 0.102. The van der Waals surface area contributed by atoms with E-state index < -0.39 is 21.5 Å². The number of para-hydroxylation sites is 1. The molecular formula is C25H27N3O4S. The van der Waals surface area contributed by atoms with Gasteiger partial charge in [0.2, 0.25) is 10.0 Å². The summed E-state index contributed by atoms with van der Waals surface area (Å²) in [4.78, 5) is 25.7. The van der Waals surface area contributed by atoms with E-state index in [0.29, 0.717) is 16.9 Å². The summed E-state index contributed by atoms with van der Waals surface area (Å²) >= 11 is 0. The first kappa shape index (κ1) is 24.2. The number of hydrogen-bond acceptors (Lipinski definition) is 4. The highest BCUT2D eigenvalue weighted by Crippen LogP contribution is 2.21. The van der Waals surface area contributed by atoms with Gasteiger partial charge in [-0.1, -0.05) is 35.9 Å². The van der Waals surface area contributed by atoms with Crippen molar-refractivity contribution >= 4 is 33.2 Å². The van der Waals surface area contributed by atoms with Gasteiger partial charge in [0.05, 0.1) is 16.1 Å². The summed E-state index contributed by atoms with van der Waals surface area (Å²) < 4.78 is 27.8. The zero-order valence-corrected chi connectivity index (χ0v) is 19.8. The Labute approximate surface area is 194 Å². The Morgan fingerprint density at radius 2 is 1.48 bits per heavy atom. The lowest BCUT2D eigenvalue weighted by Gasteiger charge is -2.20. The highest BCUT2D eigenvalue weighted by Gasteiger charge is 2.22. The topological polar surface area (TPSA) is 104 Å². The average molecular weight is 466 g/mol. The molecule has 3 aromatic carbocycles. The van der Waals surface area contributed by atoms with Crippen molar-refractivity contribution in [3.8, 4) is 0 Å². The predicted octanol–water partition coefficient (Wildman–Crippen LogP) is 4.58. The third-order valence-corrected chi connectivity index (χ3v) is 6.30. The van der Waals surface area contributed by atoms with Crippen LogP contribution in [0, 0.1) is 6.92 Å². The summed E-state index contributed by atoms with van der Waals surface area (Å²) in [6.45, 7) is 7.14. The van der Waals surface area contributed by atoms with Gasteiger partial charge in [-0.2, -0.15) is 0 Å². The van der Waals surface area contributed by atoms with E-state index in [1.165, 1.54) is 12.1 Å². The molecule has 0 saturated heterocycles. The number of benzene rings is 3. The molecule has 0 bridgehead atoms. The van der Waals surface area contributed by atoms with Gasteiger partial charge >= 0.3 is 0 Å². The van der Waals surface area contributed by atoms with Crippen molar-refractivity contribution in [1.82, 2.24) is 4.72 Å². The van der Waals surface area contributed by atoms with Gasteiger partial charge in [-0.3, -0.25) is 9.59 Å². The van der Waals surface area contributed by atoms with Gasteiger partial charge in [-0.15, -0.1) is 0 Å². The minimum atomic E-state index is -3.76. The fraction of sp³-hybridized carbons (Fsp3) is 0.200. The molecule has 3 aromatic rings. The van der Waals surface area contributed by atoms with Crippen molar-refractivity contribution in [3.05, 3.63) is 89.5 Å². The molecule has 0 radical (unpaired) electrons. The van der Waals surface area contributed by atoms with Gasteiger partial charge < -0.3 is 10.6 Å². The molecule has 2 amide bonds. The minimum Gasteiger partial charge on any atom is -0.322 e. The molecule has 0 fully saturated rings. The van der Waals surface area contributed by atoms with Gasteiger partial charge in [0.15, 0.2) is 0 Å². The van der Waals surface area contributed by atoms with Crippen molar-refractivity contribution in [2.24, 2.45) is 0 Å². The second kappa shape index (κ2) is 9.56. The number of carbonyl (C=O) groups is 2. The number of hydrogen-bond donors (Lipinski definition) is 3. The van der Waals surface area contributed by atoms with E-state index in [1.54, 1.807) is 75.4 Å². The van der Waals surface area contributed by atoms with Crippen LogP contribution in [0.25, 0.3) is 0 Å². The Balaban J connectivity index is 1.81. The summed E-state index contributed by atoms with van der Waals surface area (Å²) in [6.07, 6.45) is 0. The molecule has 0 heterocycles. The van der Waals surface area contributed by atoms with Crippen LogP contribution >= 0.6 is 0 Å². The molecule has 172 valence electrons. The second-order valence-corrected chi connectivity index (χ2v) is 10.4. The van der Waals surface area contributed by atoms with Crippen LogP contribution in [0.1, 0.15) is 47.1 Å². The predicted molar refractivity (Wildman–Crippen MR) is 130 cm³/mol. The van der Waals surface area contributed by atoms with E-state index >= 15 is 0 Å². The lowest BCUT2D eigenvalue weighted by atomic mass is 10.1. The smallest absolute Gasteiger partial charge is 0.257 e. The maximum Gasteiger partial charge on any atom is 0.257 e. The average Bonchev–Trinajstić information content (AvgIpc) is 2.72. The van der Waals surface area contributed by atoms with Crippen molar-refractivity contribution in [3.63, 3.8) is 0 Å². The molecule has 33 heavy (non-hydrogen) atoms. The molecule has 0 unspecified atom stereocenters. The van der Waals surface area contributed by atoms with Crippen molar-refractivity contribution in [2.45, 2.75) is 38.1 Å². The third kappa shape index (κ3) is 6.50. The molecule has 0 atom stereocenters. The van der Waals surface area contributed by atoms with Gasteiger partial charge in [0, 0.05) is 16.8 Å². The van der Waals surface area contributed by atoms with E-state index in [1.807, 2.05) is 13.0 Å². The number of rotatable bonds is 6. The number of amides is 2. The Hall–Kier alpha value is -3.49. The third-order valence-electron chi connectivity index (χ3n) is 4.54. The van der Waals surface area contributed by atoms with E-state index in [0.717, 1.165) is 5.56 Å². The molecule has 3 N–H and O–H groups in total. The second-order valence-electron chi connectivity index (χ2n) is 8.71. The zero-order chi connectivity index (χ0) is 24.2. The Morgan fingerprint density at radius 1 is 0.788 bits per heavy atom. The quantitative estimate of drug-likeness (QED) is 0.496. The number of aryl methyl sites for hydroxylation is 1. The first-order valence-corrected chi connectivity index (χ1v) is 11.9. The number of nitrogens with one attached hydrogen (secondary N) is 3. The lowest BCUT2D eigenvalue weighted by Crippen LogP contribution is -2.40. The van der Waals surface area contributed by atoms with Crippen molar-refractivity contribution in [1.29, 1.82) is 0 Å². The maximum absolute atomic E-state index is 13.0. The van der Waals surface area contributed by atoms with Crippen LogP contribution in [0.4, 0.5) is 11.4 Å². The van der Waals surface area contributed by atoms with Crippen LogP contribution in [-0.4, -0.2) is 25.8 Å². The molecule has 0 aliphatic carbocycles.